The molecular weight excluding hydrogens is 365 g/mol. The molecule has 0 spiro atoms. The molecule has 1 aromatic rings. The summed E-state index contributed by atoms with van der Waals surface area (Å²) >= 11 is 0. The van der Waals surface area contributed by atoms with Gasteiger partial charge in [0, 0.05) is 26.6 Å². The summed E-state index contributed by atoms with van der Waals surface area (Å²) in [6.45, 7) is -0.0730. The lowest BCUT2D eigenvalue weighted by atomic mass is 9.96. The Morgan fingerprint density at radius 2 is 1.81 bits per heavy atom. The molecule has 2 atom stereocenters. The summed E-state index contributed by atoms with van der Waals surface area (Å²) in [5.74, 6) is -6.44. The third kappa shape index (κ3) is 5.45. The number of carboxylic acid groups (broad SMARTS) is 1. The number of benzene rings is 1. The average molecular weight is 386 g/mol. The minimum atomic E-state index is -4.70. The first-order valence-electron chi connectivity index (χ1n) is 8.46. The van der Waals surface area contributed by atoms with Gasteiger partial charge in [0.2, 0.25) is 11.8 Å². The minimum Gasteiger partial charge on any atom is -0.481 e. The number of halogens is 3. The summed E-state index contributed by atoms with van der Waals surface area (Å²) < 4.78 is 39.1. The van der Waals surface area contributed by atoms with E-state index in [2.05, 4.69) is 0 Å². The van der Waals surface area contributed by atoms with Gasteiger partial charge in [0.25, 0.3) is 0 Å². The van der Waals surface area contributed by atoms with Crippen molar-refractivity contribution in [2.24, 2.45) is 11.8 Å². The van der Waals surface area contributed by atoms with Gasteiger partial charge in [-0.3, -0.25) is 14.4 Å². The first-order valence-corrected chi connectivity index (χ1v) is 8.46. The molecule has 148 valence electrons. The van der Waals surface area contributed by atoms with Crippen LogP contribution in [0.5, 0.6) is 0 Å². The molecule has 1 saturated heterocycles. The van der Waals surface area contributed by atoms with E-state index in [0.717, 1.165) is 10.5 Å². The molecule has 0 bridgehead atoms. The molecule has 2 rings (SSSR count). The Hall–Kier alpha value is -2.58. The molecule has 1 aromatic carbocycles. The van der Waals surface area contributed by atoms with Crippen molar-refractivity contribution in [2.75, 3.05) is 26.2 Å². The lowest BCUT2D eigenvalue weighted by Crippen LogP contribution is -2.42. The first kappa shape index (κ1) is 20.7. The summed E-state index contributed by atoms with van der Waals surface area (Å²) in [6, 6.07) is 9.26. The summed E-state index contributed by atoms with van der Waals surface area (Å²) in [5.41, 5.74) is 0.959. The van der Waals surface area contributed by atoms with Crippen LogP contribution >= 0.6 is 0 Å². The first-order chi connectivity index (χ1) is 12.6. The van der Waals surface area contributed by atoms with Crippen LogP contribution in [0.1, 0.15) is 12.5 Å². The Kier molecular flexibility index (Phi) is 6.45. The standard InChI is InChI=1S/C18H21F3N2O4/c1-12(24)22(8-7-13-5-3-2-4-6-13)11-16(25)23-9-14(17(26)27)15(10-23)18(19,20)21/h2-6,14-15H,7-11H2,1H3,(H,26,27)/t14-,15-/m1/s1. The smallest absolute Gasteiger partial charge is 0.394 e. The van der Waals surface area contributed by atoms with Crippen LogP contribution in [0.3, 0.4) is 0 Å². The number of hydrogen-bond donors (Lipinski definition) is 1. The highest BCUT2D eigenvalue weighted by atomic mass is 19.4. The molecule has 0 saturated carbocycles. The number of hydrogen-bond acceptors (Lipinski definition) is 3. The van der Waals surface area contributed by atoms with Crippen molar-refractivity contribution < 1.29 is 32.7 Å². The molecule has 0 aliphatic carbocycles. The predicted octanol–water partition coefficient (Wildman–Crippen LogP) is 1.80. The highest BCUT2D eigenvalue weighted by molar-refractivity contribution is 5.85. The molecule has 0 aromatic heterocycles. The van der Waals surface area contributed by atoms with Crippen LogP contribution in [-0.4, -0.2) is 65.0 Å². The van der Waals surface area contributed by atoms with Gasteiger partial charge in [0.15, 0.2) is 0 Å². The molecule has 9 heteroatoms. The Labute approximate surface area is 154 Å². The Bertz CT molecular complexity index is 694. The van der Waals surface area contributed by atoms with Gasteiger partial charge in [0.1, 0.15) is 0 Å². The Morgan fingerprint density at radius 3 is 2.30 bits per heavy atom. The Morgan fingerprint density at radius 1 is 1.19 bits per heavy atom. The number of carboxylic acids is 1. The zero-order chi connectivity index (χ0) is 20.2. The van der Waals surface area contributed by atoms with Gasteiger partial charge in [-0.15, -0.1) is 0 Å². The lowest BCUT2D eigenvalue weighted by Gasteiger charge is -2.24. The number of carbonyl (C=O) groups excluding carboxylic acids is 2. The van der Waals surface area contributed by atoms with Crippen molar-refractivity contribution in [3.63, 3.8) is 0 Å². The zero-order valence-electron chi connectivity index (χ0n) is 14.8. The summed E-state index contributed by atoms with van der Waals surface area (Å²) in [7, 11) is 0. The van der Waals surface area contributed by atoms with Crippen LogP contribution in [0, 0.1) is 11.8 Å². The topological polar surface area (TPSA) is 77.9 Å². The number of aliphatic carboxylic acids is 1. The van der Waals surface area contributed by atoms with Crippen molar-refractivity contribution in [3.8, 4) is 0 Å². The number of amides is 2. The summed E-state index contributed by atoms with van der Waals surface area (Å²) in [4.78, 5) is 37.4. The van der Waals surface area contributed by atoms with E-state index in [1.165, 1.54) is 11.8 Å². The quantitative estimate of drug-likeness (QED) is 0.809. The predicted molar refractivity (Wildman–Crippen MR) is 89.7 cm³/mol. The minimum absolute atomic E-state index is 0.240. The fourth-order valence-corrected chi connectivity index (χ4v) is 3.11. The maximum absolute atomic E-state index is 13.0. The summed E-state index contributed by atoms with van der Waals surface area (Å²) in [6.07, 6.45) is -4.21. The van der Waals surface area contributed by atoms with Crippen molar-refractivity contribution >= 4 is 17.8 Å². The second-order valence-corrected chi connectivity index (χ2v) is 6.57. The van der Waals surface area contributed by atoms with Gasteiger partial charge in [-0.25, -0.2) is 0 Å². The van der Waals surface area contributed by atoms with E-state index in [9.17, 15) is 27.6 Å². The van der Waals surface area contributed by atoms with Crippen molar-refractivity contribution in [2.45, 2.75) is 19.5 Å². The van der Waals surface area contributed by atoms with Crippen molar-refractivity contribution in [3.05, 3.63) is 35.9 Å². The number of likely N-dealkylation sites (tertiary alicyclic amines) is 1. The fourth-order valence-electron chi connectivity index (χ4n) is 3.11. The molecule has 0 unspecified atom stereocenters. The van der Waals surface area contributed by atoms with E-state index < -0.39 is 43.0 Å². The molecule has 1 fully saturated rings. The third-order valence-electron chi connectivity index (χ3n) is 4.69. The molecule has 27 heavy (non-hydrogen) atoms. The average Bonchev–Trinajstić information content (AvgIpc) is 3.05. The maximum atomic E-state index is 13.0. The van der Waals surface area contributed by atoms with Crippen LogP contribution in [0.25, 0.3) is 0 Å². The van der Waals surface area contributed by atoms with Crippen molar-refractivity contribution in [1.29, 1.82) is 0 Å². The second-order valence-electron chi connectivity index (χ2n) is 6.57. The molecular formula is C18H21F3N2O4. The van der Waals surface area contributed by atoms with Gasteiger partial charge in [-0.1, -0.05) is 30.3 Å². The third-order valence-corrected chi connectivity index (χ3v) is 4.69. The highest BCUT2D eigenvalue weighted by Crippen LogP contribution is 2.37. The number of carbonyl (C=O) groups is 3. The fraction of sp³-hybridized carbons (Fsp3) is 0.500. The maximum Gasteiger partial charge on any atom is 0.394 e. The Balaban J connectivity index is 2.00. The van der Waals surface area contributed by atoms with Gasteiger partial charge in [0.05, 0.1) is 18.4 Å². The lowest BCUT2D eigenvalue weighted by molar-refractivity contribution is -0.188. The molecule has 1 aliphatic rings. The van der Waals surface area contributed by atoms with E-state index in [4.69, 9.17) is 5.11 Å². The van der Waals surface area contributed by atoms with E-state index in [-0.39, 0.29) is 19.0 Å². The van der Waals surface area contributed by atoms with E-state index >= 15 is 0 Å². The second kappa shape index (κ2) is 8.41. The molecule has 1 aliphatic heterocycles. The molecule has 1 N–H and O–H groups in total. The van der Waals surface area contributed by atoms with Gasteiger partial charge < -0.3 is 14.9 Å². The van der Waals surface area contributed by atoms with Crippen LogP contribution in [0.4, 0.5) is 13.2 Å². The summed E-state index contributed by atoms with van der Waals surface area (Å²) in [5, 5.41) is 9.02. The van der Waals surface area contributed by atoms with Gasteiger partial charge in [-0.2, -0.15) is 13.2 Å². The zero-order valence-corrected chi connectivity index (χ0v) is 14.8. The van der Waals surface area contributed by atoms with Crippen LogP contribution in [-0.2, 0) is 20.8 Å². The van der Waals surface area contributed by atoms with E-state index in [0.29, 0.717) is 6.42 Å². The molecule has 1 heterocycles. The van der Waals surface area contributed by atoms with Gasteiger partial charge >= 0.3 is 12.1 Å². The number of nitrogens with zero attached hydrogens (tertiary/aromatic N) is 2. The van der Waals surface area contributed by atoms with Gasteiger partial charge in [-0.05, 0) is 12.0 Å². The molecule has 6 nitrogen and oxygen atoms in total. The largest absolute Gasteiger partial charge is 0.481 e. The van der Waals surface area contributed by atoms with Crippen LogP contribution < -0.4 is 0 Å². The number of alkyl halides is 3. The SMILES string of the molecule is CC(=O)N(CCc1ccccc1)CC(=O)N1C[C@@H](C(F)(F)F)[C@H](C(=O)O)C1. The van der Waals surface area contributed by atoms with Crippen LogP contribution in [0.2, 0.25) is 0 Å². The monoisotopic (exact) mass is 386 g/mol. The normalized spacial score (nSPS) is 19.8. The van der Waals surface area contributed by atoms with Crippen molar-refractivity contribution in [1.82, 2.24) is 9.80 Å². The molecule has 2 amide bonds. The number of rotatable bonds is 6. The van der Waals surface area contributed by atoms with E-state index in [1.807, 2.05) is 30.3 Å². The molecule has 0 radical (unpaired) electrons. The van der Waals surface area contributed by atoms with E-state index in [1.54, 1.807) is 0 Å². The van der Waals surface area contributed by atoms with Crippen LogP contribution in [0.15, 0.2) is 30.3 Å². The highest BCUT2D eigenvalue weighted by Gasteiger charge is 2.53.